The van der Waals surface area contributed by atoms with Gasteiger partial charge in [-0.3, -0.25) is 29.7 Å². The summed E-state index contributed by atoms with van der Waals surface area (Å²) in [6, 6.07) is 10.7. The molecule has 2 atom stereocenters. The maximum atomic E-state index is 18.3. The molecule has 6 fully saturated rings. The molecule has 2 bridgehead atoms. The minimum absolute atomic E-state index is 0.0150. The zero-order valence-corrected chi connectivity index (χ0v) is 57.9. The summed E-state index contributed by atoms with van der Waals surface area (Å²) < 4.78 is 58.8. The molecule has 6 aliphatic rings. The maximum absolute atomic E-state index is 18.3. The third-order valence-electron chi connectivity index (χ3n) is 20.6. The number of aromatic nitrogens is 3. The molecule has 5 aromatic rings. The number of amides is 5. The van der Waals surface area contributed by atoms with Gasteiger partial charge in [0, 0.05) is 87.5 Å². The molecule has 2 unspecified atom stereocenters. The number of urea groups is 1. The summed E-state index contributed by atoms with van der Waals surface area (Å²) in [5.74, 6) is 3.69. The summed E-state index contributed by atoms with van der Waals surface area (Å²) >= 11 is 6.47. The van der Waals surface area contributed by atoms with Gasteiger partial charge in [-0.15, -0.1) is 5.54 Å². The molecule has 500 valence electrons. The second kappa shape index (κ2) is 27.9. The molecule has 11 rings (SSSR count). The van der Waals surface area contributed by atoms with Crippen molar-refractivity contribution >= 4 is 76.8 Å². The summed E-state index contributed by atoms with van der Waals surface area (Å²) in [6.45, 7) is 26.4. The lowest BCUT2D eigenvalue weighted by Gasteiger charge is -2.42. The normalized spacial score (nSPS) is 19.9. The standard InChI is InChI=1S/C71H93ClF2N10O8Si/c1-44(2)93(45(3)4,46(5)6)33-24-54-58(73)17-13-49-34-53(91-43-89-11)36-55(61(49)54)63-62(74)64-56(37-75-63)65(82-39-51-14-15-52(40-82)84(51)69(88)92-70(7,8)9)78-67(77-64)90-42-71(25-26-71)41-80-28-19-47(20-29-80)18-27-79(10)38-48-21-30-81(31-22-48)66(86)50-12-16-57(72)59(35-50)83-32-23-60(85)76-68(83)87/h12-13,16-17,34-37,44-48,51-52H,14-15,18-23,25-32,38-43H2,1-11H3,(H,76,85,87). The first-order chi connectivity index (χ1) is 44.3. The molecule has 0 spiro atoms. The Bertz CT molecular complexity index is 3650. The minimum atomic E-state index is -2.36. The zero-order valence-electron chi connectivity index (χ0n) is 56.1. The number of methoxy groups -OCH3 is 1. The molecule has 7 heterocycles. The second-order valence-corrected chi connectivity index (χ2v) is 35.1. The number of carbonyl (C=O) groups is 4. The van der Waals surface area contributed by atoms with E-state index in [1.807, 2.05) is 30.6 Å². The molecule has 0 radical (unpaired) electrons. The second-order valence-electron chi connectivity index (χ2n) is 29.1. The molecular formula is C71H93ClF2N10O8Si. The summed E-state index contributed by atoms with van der Waals surface area (Å²) in [6.07, 6.45) is 10.1. The quantitative estimate of drug-likeness (QED) is 0.0442. The molecule has 18 nitrogen and oxygen atoms in total. The highest BCUT2D eigenvalue weighted by Gasteiger charge is 2.48. The van der Waals surface area contributed by atoms with Crippen LogP contribution in [0.15, 0.2) is 48.7 Å². The number of halogens is 3. The molecule has 2 aromatic heterocycles. The van der Waals surface area contributed by atoms with Crippen LogP contribution in [0.4, 0.5) is 29.9 Å². The molecule has 93 heavy (non-hydrogen) atoms. The van der Waals surface area contributed by atoms with Crippen LogP contribution in [0, 0.1) is 40.3 Å². The van der Waals surface area contributed by atoms with Crippen molar-refractivity contribution in [2.75, 3.05) is 103 Å². The number of ether oxygens (including phenoxy) is 4. The number of likely N-dealkylation sites (tertiary alicyclic amines) is 2. The first kappa shape index (κ1) is 67.7. The van der Waals surface area contributed by atoms with Crippen molar-refractivity contribution in [3.8, 4) is 34.5 Å². The predicted octanol–water partition coefficient (Wildman–Crippen LogP) is 13.1. The van der Waals surface area contributed by atoms with Crippen LogP contribution in [-0.4, -0.2) is 177 Å². The Balaban J connectivity index is 0.777. The number of anilines is 2. The van der Waals surface area contributed by atoms with Gasteiger partial charge >= 0.3 is 18.1 Å². The van der Waals surface area contributed by atoms with E-state index in [9.17, 15) is 19.2 Å². The summed E-state index contributed by atoms with van der Waals surface area (Å²) in [5, 5.41) is 4.09. The number of benzene rings is 3. The van der Waals surface area contributed by atoms with Crippen LogP contribution < -0.4 is 24.6 Å². The molecule has 22 heteroatoms. The molecule has 5 aliphatic heterocycles. The largest absolute Gasteiger partial charge is 0.468 e. The van der Waals surface area contributed by atoms with Crippen molar-refractivity contribution < 1.29 is 46.9 Å². The van der Waals surface area contributed by atoms with Crippen LogP contribution in [0.3, 0.4) is 0 Å². The number of hydrogen-bond acceptors (Lipinski definition) is 14. The van der Waals surface area contributed by atoms with Crippen LogP contribution in [0.2, 0.25) is 21.6 Å². The number of fused-ring (bicyclic) bond motifs is 4. The van der Waals surface area contributed by atoms with Gasteiger partial charge in [0.1, 0.15) is 42.3 Å². The van der Waals surface area contributed by atoms with E-state index in [4.69, 9.17) is 45.5 Å². The number of piperidine rings is 2. The van der Waals surface area contributed by atoms with Gasteiger partial charge in [0.05, 0.1) is 40.4 Å². The number of pyridine rings is 1. The highest BCUT2D eigenvalue weighted by molar-refractivity contribution is 6.90. The van der Waals surface area contributed by atoms with Crippen LogP contribution in [0.1, 0.15) is 142 Å². The Kier molecular flexibility index (Phi) is 20.3. The van der Waals surface area contributed by atoms with Crippen molar-refractivity contribution in [3.63, 3.8) is 0 Å². The third-order valence-corrected chi connectivity index (χ3v) is 27.2. The zero-order chi connectivity index (χ0) is 66.3. The first-order valence-electron chi connectivity index (χ1n) is 33.6. The average molecular weight is 1320 g/mol. The minimum Gasteiger partial charge on any atom is -0.468 e. The van der Waals surface area contributed by atoms with Crippen molar-refractivity contribution in [3.05, 3.63) is 76.4 Å². The third kappa shape index (κ3) is 14.8. The molecular weight excluding hydrogens is 1220 g/mol. The van der Waals surface area contributed by atoms with Crippen LogP contribution >= 0.6 is 11.6 Å². The van der Waals surface area contributed by atoms with Gasteiger partial charge in [0.25, 0.3) is 5.91 Å². The van der Waals surface area contributed by atoms with Gasteiger partial charge in [0.2, 0.25) is 5.91 Å². The number of hydrogen-bond donors (Lipinski definition) is 1. The van der Waals surface area contributed by atoms with Crippen molar-refractivity contribution in [2.24, 2.45) is 17.3 Å². The highest BCUT2D eigenvalue weighted by Crippen LogP contribution is 2.48. The van der Waals surface area contributed by atoms with Crippen LogP contribution in [-0.2, 0) is 14.3 Å². The summed E-state index contributed by atoms with van der Waals surface area (Å²) in [7, 11) is 1.37. The number of nitrogens with zero attached hydrogens (tertiary/aromatic N) is 9. The summed E-state index contributed by atoms with van der Waals surface area (Å²) in [4.78, 5) is 78.9. The Labute approximate surface area is 552 Å². The number of imide groups is 1. The Hall–Kier alpha value is -6.70. The molecule has 1 saturated carbocycles. The topological polar surface area (TPSA) is 175 Å². The van der Waals surface area contributed by atoms with Crippen molar-refractivity contribution in [1.82, 2.24) is 39.9 Å². The summed E-state index contributed by atoms with van der Waals surface area (Å²) in [5.41, 5.74) is 5.16. The Morgan fingerprint density at radius 1 is 0.871 bits per heavy atom. The Morgan fingerprint density at radius 3 is 2.20 bits per heavy atom. The van der Waals surface area contributed by atoms with E-state index in [1.54, 1.807) is 42.6 Å². The van der Waals surface area contributed by atoms with E-state index in [0.717, 1.165) is 90.5 Å². The number of rotatable bonds is 20. The smallest absolute Gasteiger partial charge is 0.410 e. The van der Waals surface area contributed by atoms with E-state index in [1.165, 1.54) is 18.1 Å². The van der Waals surface area contributed by atoms with Gasteiger partial charge in [-0.1, -0.05) is 65.1 Å². The lowest BCUT2D eigenvalue weighted by atomic mass is 9.92. The highest BCUT2D eigenvalue weighted by atomic mass is 35.5. The molecule has 1 aliphatic carbocycles. The van der Waals surface area contributed by atoms with E-state index in [2.05, 4.69) is 80.1 Å². The van der Waals surface area contributed by atoms with Gasteiger partial charge < -0.3 is 38.5 Å². The van der Waals surface area contributed by atoms with E-state index >= 15 is 8.78 Å². The van der Waals surface area contributed by atoms with E-state index in [-0.39, 0.29) is 77.9 Å². The van der Waals surface area contributed by atoms with Crippen molar-refractivity contribution in [1.29, 1.82) is 0 Å². The monoisotopic (exact) mass is 1310 g/mol. The number of piperazine rings is 1. The fourth-order valence-corrected chi connectivity index (χ4v) is 20.9. The fourth-order valence-electron chi connectivity index (χ4n) is 15.5. The van der Waals surface area contributed by atoms with Crippen molar-refractivity contribution in [2.45, 2.75) is 161 Å². The molecule has 5 saturated heterocycles. The molecule has 5 amide bonds. The number of nitrogens with one attached hydrogen (secondary N) is 1. The fraction of sp³-hybridized carbons (Fsp3) is 0.592. The maximum Gasteiger partial charge on any atom is 0.410 e. The first-order valence-corrected chi connectivity index (χ1v) is 36.2. The number of carbonyl (C=O) groups excluding carboxylic acids is 4. The van der Waals surface area contributed by atoms with Gasteiger partial charge in [-0.05, 0) is 175 Å². The van der Waals surface area contributed by atoms with Gasteiger partial charge in [0.15, 0.2) is 12.6 Å². The molecule has 1 N–H and O–H groups in total. The average Bonchev–Trinajstić information content (AvgIpc) is 0.877. The van der Waals surface area contributed by atoms with E-state index < -0.39 is 31.3 Å². The predicted molar refractivity (Wildman–Crippen MR) is 362 cm³/mol. The lowest BCUT2D eigenvalue weighted by molar-refractivity contribution is -0.120. The van der Waals surface area contributed by atoms with Crippen LogP contribution in [0.5, 0.6) is 11.8 Å². The lowest BCUT2D eigenvalue weighted by Crippen LogP contribution is -2.57. The SMILES string of the molecule is COCOc1cc(-c2ncc3c(N4CC5CCC(C4)N5C(=O)OC(C)(C)C)nc(OCC4(CN5CCC(CCN(C)CC6CCN(C(=O)c7ccc(Cl)c(N8CCC(=O)NC8=O)c7)CC6)CC5)CC4)nc3c2F)c2c(C#C[Si](C(C)C)(C(C)C)C(C)C)c(F)ccc2c1. The van der Waals surface area contributed by atoms with Crippen LogP contribution in [0.25, 0.3) is 32.9 Å². The van der Waals surface area contributed by atoms with E-state index in [0.29, 0.717) is 111 Å². The molecule has 3 aromatic carbocycles. The van der Waals surface area contributed by atoms with Gasteiger partial charge in [-0.2, -0.15) is 9.97 Å². The Morgan fingerprint density at radius 2 is 1.56 bits per heavy atom. The van der Waals surface area contributed by atoms with Gasteiger partial charge in [-0.25, -0.2) is 18.4 Å².